The number of methoxy groups -OCH3 is 2. The lowest BCUT2D eigenvalue weighted by Gasteiger charge is -2.28. The zero-order chi connectivity index (χ0) is 32.3. The number of para-hydroxylation sites is 1. The summed E-state index contributed by atoms with van der Waals surface area (Å²) in [5, 5.41) is 19.9. The van der Waals surface area contributed by atoms with Crippen LogP contribution in [0.2, 0.25) is 0 Å². The van der Waals surface area contributed by atoms with Crippen molar-refractivity contribution in [1.29, 1.82) is 0 Å². The van der Waals surface area contributed by atoms with Crippen LogP contribution in [0.5, 0.6) is 23.0 Å². The van der Waals surface area contributed by atoms with Gasteiger partial charge in [0.1, 0.15) is 19.0 Å². The number of amides is 2. The largest absolute Gasteiger partial charge is 0.493 e. The number of halogens is 1. The van der Waals surface area contributed by atoms with Gasteiger partial charge in [-0.05, 0) is 49.7 Å². The highest BCUT2D eigenvalue weighted by molar-refractivity contribution is 5.95. The SMILES string of the molecule is CCOc1cc([C@@H]2NC(=O)NC(C)=C2C(=O)OC)ccc1OC[C@@H](O)N/N=C/c1cccc(OC)c1OCc1ccccc1F. The van der Waals surface area contributed by atoms with E-state index in [2.05, 4.69) is 21.2 Å². The number of hydrogen-bond donors (Lipinski definition) is 4. The van der Waals surface area contributed by atoms with E-state index in [0.29, 0.717) is 52.0 Å². The van der Waals surface area contributed by atoms with Crippen molar-refractivity contribution in [3.05, 3.63) is 94.4 Å². The van der Waals surface area contributed by atoms with Gasteiger partial charge >= 0.3 is 12.0 Å². The molecule has 238 valence electrons. The normalized spacial score (nSPS) is 15.2. The maximum atomic E-state index is 14.1. The molecule has 3 aromatic carbocycles. The van der Waals surface area contributed by atoms with E-state index in [1.54, 1.807) is 68.4 Å². The van der Waals surface area contributed by atoms with E-state index in [1.807, 2.05) is 0 Å². The molecule has 2 amide bonds. The number of benzene rings is 3. The molecule has 4 N–H and O–H groups in total. The van der Waals surface area contributed by atoms with E-state index in [4.69, 9.17) is 23.7 Å². The Morgan fingerprint density at radius 2 is 1.87 bits per heavy atom. The lowest BCUT2D eigenvalue weighted by atomic mass is 9.95. The first-order valence-corrected chi connectivity index (χ1v) is 14.0. The Hall–Kier alpha value is -5.30. The van der Waals surface area contributed by atoms with Gasteiger partial charge in [-0.2, -0.15) is 5.10 Å². The number of allylic oxidation sites excluding steroid dienone is 1. The zero-order valence-electron chi connectivity index (χ0n) is 25.3. The number of aliphatic hydroxyl groups is 1. The van der Waals surface area contributed by atoms with Crippen molar-refractivity contribution in [2.75, 3.05) is 27.4 Å². The topological polar surface area (TPSA) is 149 Å². The molecule has 1 aliphatic heterocycles. The molecule has 0 aromatic heterocycles. The minimum absolute atomic E-state index is 0.0252. The smallest absolute Gasteiger partial charge is 0.337 e. The lowest BCUT2D eigenvalue weighted by molar-refractivity contribution is -0.136. The third-order valence-electron chi connectivity index (χ3n) is 6.66. The first kappa shape index (κ1) is 32.6. The maximum Gasteiger partial charge on any atom is 0.337 e. The number of aliphatic hydroxyl groups excluding tert-OH is 1. The maximum absolute atomic E-state index is 14.1. The summed E-state index contributed by atoms with van der Waals surface area (Å²) in [6.45, 7) is 3.49. The molecular weight excluding hydrogens is 587 g/mol. The number of carbonyl (C=O) groups excluding carboxylic acids is 2. The van der Waals surface area contributed by atoms with Crippen LogP contribution in [-0.4, -0.2) is 57.0 Å². The lowest BCUT2D eigenvalue weighted by Crippen LogP contribution is -2.45. The molecule has 1 aliphatic rings. The monoisotopic (exact) mass is 622 g/mol. The second-order valence-electron chi connectivity index (χ2n) is 9.67. The molecule has 0 saturated carbocycles. The van der Waals surface area contributed by atoms with Crippen LogP contribution in [0.3, 0.4) is 0 Å². The number of hydrazone groups is 1. The summed E-state index contributed by atoms with van der Waals surface area (Å²) in [4.78, 5) is 24.6. The molecule has 4 rings (SSSR count). The number of ether oxygens (including phenoxy) is 5. The molecule has 0 aliphatic carbocycles. The van der Waals surface area contributed by atoms with Crippen LogP contribution in [0.4, 0.5) is 9.18 Å². The number of nitrogens with one attached hydrogen (secondary N) is 3. The minimum atomic E-state index is -1.22. The van der Waals surface area contributed by atoms with Gasteiger partial charge in [0.05, 0.1) is 38.7 Å². The molecule has 1 heterocycles. The number of nitrogens with zero attached hydrogens (tertiary/aromatic N) is 1. The zero-order valence-corrected chi connectivity index (χ0v) is 25.3. The Labute approximate surface area is 259 Å². The molecule has 0 saturated heterocycles. The highest BCUT2D eigenvalue weighted by Gasteiger charge is 2.32. The van der Waals surface area contributed by atoms with Crippen LogP contribution in [0.25, 0.3) is 0 Å². The Bertz CT molecular complexity index is 1580. The number of esters is 1. The van der Waals surface area contributed by atoms with Crippen LogP contribution in [0.15, 0.2) is 77.0 Å². The van der Waals surface area contributed by atoms with Gasteiger partial charge in [-0.15, -0.1) is 0 Å². The average molecular weight is 623 g/mol. The predicted molar refractivity (Wildman–Crippen MR) is 163 cm³/mol. The van der Waals surface area contributed by atoms with Crippen LogP contribution in [0.1, 0.15) is 36.6 Å². The summed E-state index contributed by atoms with van der Waals surface area (Å²) in [7, 11) is 2.76. The summed E-state index contributed by atoms with van der Waals surface area (Å²) in [6.07, 6.45) is 0.217. The molecule has 45 heavy (non-hydrogen) atoms. The second-order valence-corrected chi connectivity index (χ2v) is 9.67. The van der Waals surface area contributed by atoms with E-state index in [1.165, 1.54) is 26.5 Å². The molecule has 12 nitrogen and oxygen atoms in total. The quantitative estimate of drug-likeness (QED) is 0.0908. The fourth-order valence-electron chi connectivity index (χ4n) is 4.53. The summed E-state index contributed by atoms with van der Waals surface area (Å²) in [6, 6.07) is 15.2. The van der Waals surface area contributed by atoms with Gasteiger partial charge in [-0.3, -0.25) is 5.43 Å². The van der Waals surface area contributed by atoms with Crippen LogP contribution in [0, 0.1) is 5.82 Å². The fourth-order valence-corrected chi connectivity index (χ4v) is 4.53. The van der Waals surface area contributed by atoms with Crippen molar-refractivity contribution >= 4 is 18.2 Å². The van der Waals surface area contributed by atoms with Gasteiger partial charge in [-0.25, -0.2) is 14.0 Å². The van der Waals surface area contributed by atoms with Crippen LogP contribution < -0.4 is 35.0 Å². The molecule has 0 radical (unpaired) electrons. The summed E-state index contributed by atoms with van der Waals surface area (Å²) < 4.78 is 41.8. The summed E-state index contributed by atoms with van der Waals surface area (Å²) in [5.41, 5.74) is 4.69. The Morgan fingerprint density at radius 1 is 1.07 bits per heavy atom. The number of hydrogen-bond acceptors (Lipinski definition) is 10. The molecule has 3 aromatic rings. The second kappa shape index (κ2) is 15.4. The van der Waals surface area contributed by atoms with Crippen molar-refractivity contribution in [3.63, 3.8) is 0 Å². The Balaban J connectivity index is 1.42. The molecule has 0 unspecified atom stereocenters. The van der Waals surface area contributed by atoms with Gasteiger partial charge < -0.3 is 39.4 Å². The first-order valence-electron chi connectivity index (χ1n) is 14.0. The van der Waals surface area contributed by atoms with Crippen LogP contribution in [-0.2, 0) is 16.1 Å². The molecule has 0 spiro atoms. The van der Waals surface area contributed by atoms with Gasteiger partial charge in [0.2, 0.25) is 0 Å². The van der Waals surface area contributed by atoms with E-state index in [-0.39, 0.29) is 24.6 Å². The van der Waals surface area contributed by atoms with E-state index in [0.717, 1.165) is 0 Å². The Kier molecular flexibility index (Phi) is 11.2. The molecular formula is C32H35FN4O8. The first-order chi connectivity index (χ1) is 21.7. The fraction of sp³-hybridized carbons (Fsp3) is 0.281. The van der Waals surface area contributed by atoms with E-state index < -0.39 is 24.3 Å². The Morgan fingerprint density at radius 3 is 2.60 bits per heavy atom. The van der Waals surface area contributed by atoms with E-state index in [9.17, 15) is 19.1 Å². The predicted octanol–water partition coefficient (Wildman–Crippen LogP) is 3.93. The molecule has 2 atom stereocenters. The van der Waals surface area contributed by atoms with Gasteiger partial charge in [0.25, 0.3) is 0 Å². The molecule has 0 bridgehead atoms. The van der Waals surface area contributed by atoms with E-state index >= 15 is 0 Å². The molecule has 13 heteroatoms. The minimum Gasteiger partial charge on any atom is -0.493 e. The van der Waals surface area contributed by atoms with Crippen molar-refractivity contribution in [2.24, 2.45) is 5.10 Å². The summed E-state index contributed by atoms with van der Waals surface area (Å²) >= 11 is 0. The molecule has 0 fully saturated rings. The van der Waals surface area contributed by atoms with Crippen molar-refractivity contribution in [3.8, 4) is 23.0 Å². The number of carbonyl (C=O) groups is 2. The van der Waals surface area contributed by atoms with Crippen LogP contribution >= 0.6 is 0 Å². The van der Waals surface area contributed by atoms with Gasteiger partial charge in [0, 0.05) is 16.8 Å². The third kappa shape index (κ3) is 8.21. The number of urea groups is 1. The standard InChI is InChI=1S/C32H35FN4O8/c1-5-43-26-15-20(29-28(31(39)42-4)19(2)35-32(40)36-29)13-14-24(26)44-18-27(38)37-34-16-21-10-8-12-25(41-3)30(21)45-17-22-9-6-7-11-23(22)33/h6-16,27,29,37-38H,5,17-18H2,1-4H3,(H2,35,36,40)/b34-16+/t27-,29+/m1/s1. The third-order valence-corrected chi connectivity index (χ3v) is 6.66. The van der Waals surface area contributed by atoms with Crippen molar-refractivity contribution < 1.29 is 42.8 Å². The van der Waals surface area contributed by atoms with Crippen molar-refractivity contribution in [1.82, 2.24) is 16.1 Å². The van der Waals surface area contributed by atoms with Crippen molar-refractivity contribution in [2.45, 2.75) is 32.7 Å². The summed E-state index contributed by atoms with van der Waals surface area (Å²) in [5.74, 6) is 0.475. The highest BCUT2D eigenvalue weighted by atomic mass is 19.1. The highest BCUT2D eigenvalue weighted by Crippen LogP contribution is 2.35. The number of rotatable bonds is 14. The van der Waals surface area contributed by atoms with Gasteiger partial charge in [-0.1, -0.05) is 30.3 Å². The van der Waals surface area contributed by atoms with Gasteiger partial charge in [0.15, 0.2) is 29.2 Å². The average Bonchev–Trinajstić information content (AvgIpc) is 3.03.